The summed E-state index contributed by atoms with van der Waals surface area (Å²) in [5.74, 6) is -0.332. The Labute approximate surface area is 71.3 Å². The van der Waals surface area contributed by atoms with Crippen molar-refractivity contribution in [2.24, 2.45) is 17.4 Å². The molecule has 4 nitrogen and oxygen atoms in total. The van der Waals surface area contributed by atoms with Gasteiger partial charge in [0, 0.05) is 12.8 Å². The first kappa shape index (κ1) is 9.19. The Morgan fingerprint density at radius 1 is 1.58 bits per heavy atom. The van der Waals surface area contributed by atoms with Crippen LogP contribution in [-0.4, -0.2) is 17.7 Å². The molecule has 68 valence electrons. The molecule has 0 spiro atoms. The quantitative estimate of drug-likeness (QED) is 0.589. The van der Waals surface area contributed by atoms with Crippen molar-refractivity contribution in [1.29, 1.82) is 0 Å². The number of amides is 1. The Morgan fingerprint density at radius 2 is 2.25 bits per heavy atom. The number of rotatable bonds is 2. The lowest BCUT2D eigenvalue weighted by molar-refractivity contribution is -0.124. The first-order chi connectivity index (χ1) is 5.61. The largest absolute Gasteiger partial charge is 0.368 e. The van der Waals surface area contributed by atoms with Crippen LogP contribution in [0, 0.1) is 5.92 Å². The molecule has 1 amide bonds. The van der Waals surface area contributed by atoms with Gasteiger partial charge < -0.3 is 11.5 Å². The average Bonchev–Trinajstić information content (AvgIpc) is 2.03. The van der Waals surface area contributed by atoms with Crippen LogP contribution in [0.2, 0.25) is 0 Å². The highest BCUT2D eigenvalue weighted by Gasteiger charge is 2.27. The van der Waals surface area contributed by atoms with Crippen molar-refractivity contribution in [2.45, 2.75) is 31.7 Å². The minimum absolute atomic E-state index is 0.0243. The fourth-order valence-corrected chi connectivity index (χ4v) is 1.60. The summed E-state index contributed by atoms with van der Waals surface area (Å²) in [4.78, 5) is 21.7. The first-order valence-corrected chi connectivity index (χ1v) is 4.18. The van der Waals surface area contributed by atoms with Crippen LogP contribution < -0.4 is 11.5 Å². The zero-order valence-electron chi connectivity index (χ0n) is 6.95. The summed E-state index contributed by atoms with van der Waals surface area (Å²) in [6.07, 6.45) is 2.73. The third kappa shape index (κ3) is 2.04. The maximum Gasteiger partial charge on any atom is 0.234 e. The number of carbonyl (C=O) groups is 2. The van der Waals surface area contributed by atoms with Crippen LogP contribution in [-0.2, 0) is 9.59 Å². The number of ketones is 1. The van der Waals surface area contributed by atoms with Crippen molar-refractivity contribution in [3.8, 4) is 0 Å². The van der Waals surface area contributed by atoms with Crippen LogP contribution in [0.3, 0.4) is 0 Å². The third-order valence-corrected chi connectivity index (χ3v) is 2.36. The fourth-order valence-electron chi connectivity index (χ4n) is 1.60. The number of primary amides is 1. The molecule has 4 heteroatoms. The predicted octanol–water partition coefficient (Wildman–Crippen LogP) is -0.442. The maximum absolute atomic E-state index is 11.0. The van der Waals surface area contributed by atoms with E-state index >= 15 is 0 Å². The molecule has 0 aliphatic heterocycles. The van der Waals surface area contributed by atoms with E-state index in [2.05, 4.69) is 0 Å². The molecular weight excluding hydrogens is 156 g/mol. The minimum atomic E-state index is -0.644. The van der Waals surface area contributed by atoms with E-state index in [1.54, 1.807) is 0 Å². The second kappa shape index (κ2) is 3.67. The topological polar surface area (TPSA) is 86.2 Å². The number of nitrogens with two attached hydrogens (primary N) is 2. The zero-order chi connectivity index (χ0) is 9.14. The van der Waals surface area contributed by atoms with Gasteiger partial charge in [-0.1, -0.05) is 0 Å². The van der Waals surface area contributed by atoms with Gasteiger partial charge in [-0.3, -0.25) is 9.59 Å². The summed E-state index contributed by atoms with van der Waals surface area (Å²) in [5.41, 5.74) is 10.6. The highest BCUT2D eigenvalue weighted by molar-refractivity contribution is 5.83. The van der Waals surface area contributed by atoms with Crippen LogP contribution in [0.1, 0.15) is 25.7 Å². The average molecular weight is 170 g/mol. The Balaban J connectivity index is 2.51. The SMILES string of the molecule is NC(=O)C(N)C1CCCC(=O)C1. The summed E-state index contributed by atoms with van der Waals surface area (Å²) >= 11 is 0. The molecule has 0 aromatic heterocycles. The van der Waals surface area contributed by atoms with Gasteiger partial charge in [0.05, 0.1) is 6.04 Å². The Hall–Kier alpha value is -0.900. The van der Waals surface area contributed by atoms with E-state index in [9.17, 15) is 9.59 Å². The van der Waals surface area contributed by atoms with Gasteiger partial charge in [-0.05, 0) is 18.8 Å². The second-order valence-corrected chi connectivity index (χ2v) is 3.32. The van der Waals surface area contributed by atoms with Gasteiger partial charge in [-0.25, -0.2) is 0 Å². The van der Waals surface area contributed by atoms with Gasteiger partial charge in [0.25, 0.3) is 0 Å². The van der Waals surface area contributed by atoms with E-state index in [1.165, 1.54) is 0 Å². The van der Waals surface area contributed by atoms with Crippen molar-refractivity contribution >= 4 is 11.7 Å². The molecule has 0 saturated heterocycles. The van der Waals surface area contributed by atoms with Gasteiger partial charge in [0.2, 0.25) is 5.91 Å². The molecule has 4 N–H and O–H groups in total. The van der Waals surface area contributed by atoms with Gasteiger partial charge in [0.1, 0.15) is 5.78 Å². The van der Waals surface area contributed by atoms with Crippen molar-refractivity contribution in [1.82, 2.24) is 0 Å². The molecule has 1 aliphatic carbocycles. The molecule has 1 rings (SSSR count). The van der Waals surface area contributed by atoms with E-state index in [-0.39, 0.29) is 11.7 Å². The van der Waals surface area contributed by atoms with E-state index < -0.39 is 11.9 Å². The van der Waals surface area contributed by atoms with Crippen LogP contribution in [0.25, 0.3) is 0 Å². The minimum Gasteiger partial charge on any atom is -0.368 e. The van der Waals surface area contributed by atoms with E-state index in [1.807, 2.05) is 0 Å². The molecule has 0 heterocycles. The molecule has 0 bridgehead atoms. The van der Waals surface area contributed by atoms with Gasteiger partial charge >= 0.3 is 0 Å². The molecule has 2 unspecified atom stereocenters. The highest BCUT2D eigenvalue weighted by Crippen LogP contribution is 2.23. The number of carbonyl (C=O) groups excluding carboxylic acids is 2. The standard InChI is InChI=1S/C8H14N2O2/c9-7(8(10)12)5-2-1-3-6(11)4-5/h5,7H,1-4,9H2,(H2,10,12). The Morgan fingerprint density at radius 3 is 2.75 bits per heavy atom. The first-order valence-electron chi connectivity index (χ1n) is 4.18. The Kier molecular flexibility index (Phi) is 2.81. The van der Waals surface area contributed by atoms with E-state index in [0.717, 1.165) is 12.8 Å². The van der Waals surface area contributed by atoms with Crippen molar-refractivity contribution in [3.63, 3.8) is 0 Å². The van der Waals surface area contributed by atoms with Crippen molar-refractivity contribution in [2.75, 3.05) is 0 Å². The second-order valence-electron chi connectivity index (χ2n) is 3.32. The molecule has 2 atom stereocenters. The monoisotopic (exact) mass is 170 g/mol. The van der Waals surface area contributed by atoms with E-state index in [0.29, 0.717) is 12.8 Å². The lowest BCUT2D eigenvalue weighted by Crippen LogP contribution is -2.44. The smallest absolute Gasteiger partial charge is 0.234 e. The molecule has 0 aromatic carbocycles. The normalized spacial score (nSPS) is 26.8. The van der Waals surface area contributed by atoms with Gasteiger partial charge in [0.15, 0.2) is 0 Å². The summed E-state index contributed by atoms with van der Waals surface area (Å²) in [6, 6.07) is -0.644. The lowest BCUT2D eigenvalue weighted by Gasteiger charge is -2.24. The highest BCUT2D eigenvalue weighted by atomic mass is 16.1. The molecule has 12 heavy (non-hydrogen) atoms. The fraction of sp³-hybridized carbons (Fsp3) is 0.750. The number of Topliss-reactive ketones (excluding diaryl/α,β-unsaturated/α-hetero) is 1. The summed E-state index contributed by atoms with van der Waals surface area (Å²) in [5, 5.41) is 0. The predicted molar refractivity (Wildman–Crippen MR) is 44.1 cm³/mol. The summed E-state index contributed by atoms with van der Waals surface area (Å²) < 4.78 is 0. The van der Waals surface area contributed by atoms with Gasteiger partial charge in [-0.2, -0.15) is 0 Å². The lowest BCUT2D eigenvalue weighted by atomic mass is 9.83. The van der Waals surface area contributed by atoms with Crippen LogP contribution in [0.4, 0.5) is 0 Å². The maximum atomic E-state index is 11.0. The van der Waals surface area contributed by atoms with Crippen LogP contribution >= 0.6 is 0 Å². The number of hydrogen-bond donors (Lipinski definition) is 2. The van der Waals surface area contributed by atoms with Crippen molar-refractivity contribution < 1.29 is 9.59 Å². The van der Waals surface area contributed by atoms with E-state index in [4.69, 9.17) is 11.5 Å². The zero-order valence-corrected chi connectivity index (χ0v) is 6.95. The van der Waals surface area contributed by atoms with Crippen LogP contribution in [0.5, 0.6) is 0 Å². The summed E-state index contributed by atoms with van der Waals surface area (Å²) in [7, 11) is 0. The molecule has 0 aromatic rings. The Bertz CT molecular complexity index is 201. The van der Waals surface area contributed by atoms with Crippen molar-refractivity contribution in [3.05, 3.63) is 0 Å². The van der Waals surface area contributed by atoms with Crippen LogP contribution in [0.15, 0.2) is 0 Å². The van der Waals surface area contributed by atoms with Gasteiger partial charge in [-0.15, -0.1) is 0 Å². The number of hydrogen-bond acceptors (Lipinski definition) is 3. The third-order valence-electron chi connectivity index (χ3n) is 2.36. The molecule has 1 aliphatic rings. The molecule has 1 saturated carbocycles. The molecule has 1 fully saturated rings. The molecule has 0 radical (unpaired) electrons. The molecular formula is C8H14N2O2. The summed E-state index contributed by atoms with van der Waals surface area (Å²) in [6.45, 7) is 0.